The minimum atomic E-state index is -0.602. The van der Waals surface area contributed by atoms with Crippen LogP contribution in [0.2, 0.25) is 0 Å². The summed E-state index contributed by atoms with van der Waals surface area (Å²) in [6.45, 7) is 0. The van der Waals surface area contributed by atoms with Crippen LogP contribution in [0.3, 0.4) is 0 Å². The summed E-state index contributed by atoms with van der Waals surface area (Å²) in [5.74, 6) is -0.593. The van der Waals surface area contributed by atoms with E-state index in [1.807, 2.05) is 18.2 Å². The monoisotopic (exact) mass is 306 g/mol. The normalized spacial score (nSPS) is 12.1. The SMILES string of the molecule is O=CC(c1cccc(Br)c1)c1cc(O)ccc1O. The van der Waals surface area contributed by atoms with Gasteiger partial charge >= 0.3 is 0 Å². The van der Waals surface area contributed by atoms with E-state index >= 15 is 0 Å². The molecule has 0 aliphatic carbocycles. The van der Waals surface area contributed by atoms with Crippen molar-refractivity contribution < 1.29 is 15.0 Å². The minimum absolute atomic E-state index is 0.00937. The summed E-state index contributed by atoms with van der Waals surface area (Å²) in [6.07, 6.45) is 0.746. The van der Waals surface area contributed by atoms with Crippen LogP contribution < -0.4 is 0 Å². The summed E-state index contributed by atoms with van der Waals surface area (Å²) in [6, 6.07) is 11.4. The van der Waals surface area contributed by atoms with Crippen molar-refractivity contribution in [2.75, 3.05) is 0 Å². The van der Waals surface area contributed by atoms with Gasteiger partial charge in [0.2, 0.25) is 0 Å². The zero-order chi connectivity index (χ0) is 13.1. The number of hydrogen-bond donors (Lipinski definition) is 2. The number of carbonyl (C=O) groups excluding carboxylic acids is 1. The lowest BCUT2D eigenvalue weighted by molar-refractivity contribution is -0.108. The Bertz CT molecular complexity index is 581. The van der Waals surface area contributed by atoms with Gasteiger partial charge in [-0.2, -0.15) is 0 Å². The fourth-order valence-corrected chi connectivity index (χ4v) is 2.24. The van der Waals surface area contributed by atoms with E-state index in [0.29, 0.717) is 5.56 Å². The van der Waals surface area contributed by atoms with Gasteiger partial charge in [-0.3, -0.25) is 0 Å². The van der Waals surface area contributed by atoms with E-state index in [9.17, 15) is 15.0 Å². The first-order valence-corrected chi connectivity index (χ1v) is 6.13. The van der Waals surface area contributed by atoms with Crippen LogP contribution in [-0.2, 0) is 4.79 Å². The Morgan fingerprint density at radius 2 is 1.89 bits per heavy atom. The van der Waals surface area contributed by atoms with Crippen molar-refractivity contribution in [1.29, 1.82) is 0 Å². The van der Waals surface area contributed by atoms with Crippen molar-refractivity contribution in [1.82, 2.24) is 0 Å². The van der Waals surface area contributed by atoms with Gasteiger partial charge in [0.15, 0.2) is 0 Å². The molecule has 2 rings (SSSR count). The van der Waals surface area contributed by atoms with Gasteiger partial charge < -0.3 is 15.0 Å². The molecule has 1 atom stereocenters. The highest BCUT2D eigenvalue weighted by Crippen LogP contribution is 2.33. The molecule has 0 saturated heterocycles. The van der Waals surface area contributed by atoms with Crippen LogP contribution in [0.4, 0.5) is 0 Å². The number of aldehydes is 1. The summed E-state index contributed by atoms with van der Waals surface area (Å²) in [5.41, 5.74) is 1.14. The van der Waals surface area contributed by atoms with Crippen LogP contribution in [0, 0.1) is 0 Å². The molecule has 0 saturated carbocycles. The molecule has 0 aliphatic heterocycles. The minimum Gasteiger partial charge on any atom is -0.508 e. The Hall–Kier alpha value is -1.81. The first-order valence-electron chi connectivity index (χ1n) is 5.34. The molecule has 0 heterocycles. The second-order valence-corrected chi connectivity index (χ2v) is 4.83. The summed E-state index contributed by atoms with van der Waals surface area (Å²) in [7, 11) is 0. The van der Waals surface area contributed by atoms with Crippen molar-refractivity contribution in [2.45, 2.75) is 5.92 Å². The smallest absolute Gasteiger partial charge is 0.131 e. The van der Waals surface area contributed by atoms with Gasteiger partial charge in [0, 0.05) is 10.0 Å². The molecule has 0 radical (unpaired) electrons. The van der Waals surface area contributed by atoms with E-state index in [0.717, 1.165) is 16.3 Å². The van der Waals surface area contributed by atoms with Crippen molar-refractivity contribution in [3.8, 4) is 11.5 Å². The number of benzene rings is 2. The Morgan fingerprint density at radius 3 is 2.56 bits per heavy atom. The molecular weight excluding hydrogens is 296 g/mol. The third-order valence-electron chi connectivity index (χ3n) is 2.69. The highest BCUT2D eigenvalue weighted by Gasteiger charge is 2.17. The number of rotatable bonds is 3. The lowest BCUT2D eigenvalue weighted by Gasteiger charge is -2.13. The van der Waals surface area contributed by atoms with E-state index in [1.54, 1.807) is 6.07 Å². The van der Waals surface area contributed by atoms with Crippen molar-refractivity contribution in [3.05, 3.63) is 58.1 Å². The second kappa shape index (κ2) is 5.23. The first kappa shape index (κ1) is 12.6. The van der Waals surface area contributed by atoms with Gasteiger partial charge in [-0.25, -0.2) is 0 Å². The third-order valence-corrected chi connectivity index (χ3v) is 3.18. The number of phenolic OH excluding ortho intramolecular Hbond substituents is 2. The molecule has 4 heteroatoms. The largest absolute Gasteiger partial charge is 0.508 e. The van der Waals surface area contributed by atoms with Crippen LogP contribution >= 0.6 is 15.9 Å². The molecule has 0 fully saturated rings. The van der Waals surface area contributed by atoms with Crippen LogP contribution in [0.1, 0.15) is 17.0 Å². The lowest BCUT2D eigenvalue weighted by Crippen LogP contribution is -2.02. The average Bonchev–Trinajstić information content (AvgIpc) is 2.35. The van der Waals surface area contributed by atoms with E-state index in [4.69, 9.17) is 0 Å². The molecule has 0 aromatic heterocycles. The topological polar surface area (TPSA) is 57.5 Å². The molecule has 18 heavy (non-hydrogen) atoms. The Balaban J connectivity index is 2.51. The number of aromatic hydroxyl groups is 2. The van der Waals surface area contributed by atoms with Crippen molar-refractivity contribution in [3.63, 3.8) is 0 Å². The molecular formula is C14H11BrO3. The fourth-order valence-electron chi connectivity index (χ4n) is 1.82. The summed E-state index contributed by atoms with van der Waals surface area (Å²) >= 11 is 3.34. The van der Waals surface area contributed by atoms with Gasteiger partial charge in [0.05, 0.1) is 5.92 Å². The summed E-state index contributed by atoms with van der Waals surface area (Å²) in [5, 5.41) is 19.2. The first-order chi connectivity index (χ1) is 8.61. The summed E-state index contributed by atoms with van der Waals surface area (Å²) in [4.78, 5) is 11.3. The van der Waals surface area contributed by atoms with E-state index in [2.05, 4.69) is 15.9 Å². The standard InChI is InChI=1S/C14H11BrO3/c15-10-3-1-2-9(6-10)13(8-16)12-7-11(17)4-5-14(12)18/h1-8,13,17-18H. The van der Waals surface area contributed by atoms with Crippen LogP contribution in [0.15, 0.2) is 46.9 Å². The Labute approximate surface area is 113 Å². The fraction of sp³-hybridized carbons (Fsp3) is 0.0714. The third kappa shape index (κ3) is 2.54. The highest BCUT2D eigenvalue weighted by atomic mass is 79.9. The molecule has 1 unspecified atom stereocenters. The molecule has 2 N–H and O–H groups in total. The Kier molecular flexibility index (Phi) is 3.67. The van der Waals surface area contributed by atoms with Crippen LogP contribution in [-0.4, -0.2) is 16.5 Å². The molecule has 0 amide bonds. The molecule has 2 aromatic rings. The molecule has 0 bridgehead atoms. The number of phenols is 2. The number of halogens is 1. The predicted molar refractivity (Wildman–Crippen MR) is 71.8 cm³/mol. The molecule has 0 spiro atoms. The predicted octanol–water partition coefficient (Wildman–Crippen LogP) is 3.19. The van der Waals surface area contributed by atoms with Gasteiger partial charge in [0.1, 0.15) is 17.8 Å². The number of carbonyl (C=O) groups is 1. The van der Waals surface area contributed by atoms with Crippen LogP contribution in [0.5, 0.6) is 11.5 Å². The van der Waals surface area contributed by atoms with Crippen LogP contribution in [0.25, 0.3) is 0 Å². The van der Waals surface area contributed by atoms with Gasteiger partial charge in [-0.05, 0) is 35.9 Å². The number of hydrogen-bond acceptors (Lipinski definition) is 3. The molecule has 2 aromatic carbocycles. The lowest BCUT2D eigenvalue weighted by atomic mass is 9.92. The quantitative estimate of drug-likeness (QED) is 0.676. The van der Waals surface area contributed by atoms with Crippen molar-refractivity contribution >= 4 is 22.2 Å². The van der Waals surface area contributed by atoms with Crippen molar-refractivity contribution in [2.24, 2.45) is 0 Å². The summed E-state index contributed by atoms with van der Waals surface area (Å²) < 4.78 is 0.853. The van der Waals surface area contributed by atoms with Gasteiger partial charge in [-0.15, -0.1) is 0 Å². The second-order valence-electron chi connectivity index (χ2n) is 3.91. The van der Waals surface area contributed by atoms with E-state index < -0.39 is 5.92 Å². The molecule has 0 aliphatic rings. The van der Waals surface area contributed by atoms with Gasteiger partial charge in [-0.1, -0.05) is 28.1 Å². The van der Waals surface area contributed by atoms with E-state index in [-0.39, 0.29) is 11.5 Å². The average molecular weight is 307 g/mol. The highest BCUT2D eigenvalue weighted by molar-refractivity contribution is 9.10. The Morgan fingerprint density at radius 1 is 1.11 bits per heavy atom. The van der Waals surface area contributed by atoms with Gasteiger partial charge in [0.25, 0.3) is 0 Å². The molecule has 3 nitrogen and oxygen atoms in total. The zero-order valence-corrected chi connectivity index (χ0v) is 11.0. The molecule has 92 valence electrons. The van der Waals surface area contributed by atoms with E-state index in [1.165, 1.54) is 18.2 Å². The maximum atomic E-state index is 11.3. The maximum absolute atomic E-state index is 11.3. The zero-order valence-electron chi connectivity index (χ0n) is 9.38. The maximum Gasteiger partial charge on any atom is 0.131 e.